The van der Waals surface area contributed by atoms with Crippen molar-refractivity contribution in [3.63, 3.8) is 0 Å². The Balaban J connectivity index is 1.39. The van der Waals surface area contributed by atoms with Crippen LogP contribution in [0.1, 0.15) is 69.2 Å². The minimum absolute atomic E-state index is 0.0702. The van der Waals surface area contributed by atoms with Crippen molar-refractivity contribution >= 4 is 29.9 Å². The van der Waals surface area contributed by atoms with E-state index in [0.717, 1.165) is 44.2 Å². The maximum absolute atomic E-state index is 13.4. The Morgan fingerprint density at radius 1 is 1.24 bits per heavy atom. The second kappa shape index (κ2) is 11.6. The third kappa shape index (κ3) is 6.49. The van der Waals surface area contributed by atoms with Gasteiger partial charge in [0.2, 0.25) is 5.88 Å². The van der Waals surface area contributed by atoms with Crippen molar-refractivity contribution in [3.8, 4) is 11.7 Å². The lowest BCUT2D eigenvalue weighted by Crippen LogP contribution is -2.40. The van der Waals surface area contributed by atoms with E-state index in [1.807, 2.05) is 0 Å². The number of carbonyl (C=O) groups excluding carboxylic acids is 1. The summed E-state index contributed by atoms with van der Waals surface area (Å²) in [5.41, 5.74) is 4.30. The summed E-state index contributed by atoms with van der Waals surface area (Å²) in [6.45, 7) is 5.72. The molecule has 0 aromatic carbocycles. The number of pyridine rings is 1. The Hall–Kier alpha value is -3.22. The van der Waals surface area contributed by atoms with Gasteiger partial charge in [0.05, 0.1) is 22.5 Å². The molecule has 0 spiro atoms. The fourth-order valence-electron chi connectivity index (χ4n) is 5.65. The number of nitrogens with two attached hydrogens (primary N) is 1. The van der Waals surface area contributed by atoms with E-state index in [2.05, 4.69) is 33.6 Å². The van der Waals surface area contributed by atoms with Crippen LogP contribution in [-0.4, -0.2) is 58.3 Å². The normalized spacial score (nSPS) is 23.4. The molecule has 2 bridgehead atoms. The monoisotopic (exact) mass is 591 g/mol. The summed E-state index contributed by atoms with van der Waals surface area (Å²) in [6, 6.07) is 5.02. The van der Waals surface area contributed by atoms with E-state index in [1.165, 1.54) is 10.9 Å². The van der Waals surface area contributed by atoms with Crippen LogP contribution in [0.3, 0.4) is 0 Å². The summed E-state index contributed by atoms with van der Waals surface area (Å²) in [4.78, 5) is 25.6. The summed E-state index contributed by atoms with van der Waals surface area (Å²) in [5.74, 6) is 1.38. The van der Waals surface area contributed by atoms with Crippen LogP contribution in [0.25, 0.3) is 5.82 Å². The average Bonchev–Trinajstić information content (AvgIpc) is 3.48. The van der Waals surface area contributed by atoms with Crippen molar-refractivity contribution in [2.24, 2.45) is 22.1 Å². The molecule has 3 N–H and O–H groups in total. The van der Waals surface area contributed by atoms with Crippen LogP contribution < -0.4 is 20.1 Å². The third-order valence-corrected chi connectivity index (χ3v) is 8.96. The first-order chi connectivity index (χ1) is 19.5. The SMILES string of the molecule is CC1(C)CC2CCCCN=C/C(=C\N)SNC(=O)c3ccc(-n4ccc(OCCC5(C(F)(F)F)CC5)n4)nc3N1C2. The maximum Gasteiger partial charge on any atom is 0.394 e. The van der Waals surface area contributed by atoms with Crippen molar-refractivity contribution in [2.75, 3.05) is 24.6 Å². The molecule has 1 saturated heterocycles. The van der Waals surface area contributed by atoms with Gasteiger partial charge in [-0.25, -0.2) is 9.67 Å². The number of nitrogens with one attached hydrogen (secondary N) is 1. The predicted molar refractivity (Wildman–Crippen MR) is 153 cm³/mol. The molecule has 2 aromatic rings. The van der Waals surface area contributed by atoms with E-state index < -0.39 is 11.6 Å². The Bertz CT molecular complexity index is 1320. The molecule has 2 aromatic heterocycles. The van der Waals surface area contributed by atoms with Crippen molar-refractivity contribution in [2.45, 2.75) is 70.5 Å². The number of nitrogens with zero attached hydrogens (tertiary/aromatic N) is 5. The lowest BCUT2D eigenvalue weighted by atomic mass is 9.93. The molecule has 9 nitrogen and oxygen atoms in total. The number of carbonyl (C=O) groups is 1. The molecule has 41 heavy (non-hydrogen) atoms. The average molecular weight is 592 g/mol. The first-order valence-corrected chi connectivity index (χ1v) is 14.8. The minimum Gasteiger partial charge on any atom is -0.477 e. The molecule has 3 aliphatic rings. The van der Waals surface area contributed by atoms with Crippen molar-refractivity contribution in [1.82, 2.24) is 19.5 Å². The third-order valence-electron chi connectivity index (χ3n) is 8.20. The van der Waals surface area contributed by atoms with Crippen LogP contribution >= 0.6 is 11.9 Å². The smallest absolute Gasteiger partial charge is 0.394 e. The van der Waals surface area contributed by atoms with E-state index in [4.69, 9.17) is 15.5 Å². The van der Waals surface area contributed by atoms with Gasteiger partial charge in [-0.05, 0) is 82.4 Å². The van der Waals surface area contributed by atoms with Gasteiger partial charge < -0.3 is 15.4 Å². The Kier molecular flexibility index (Phi) is 8.27. The number of rotatable bonds is 5. The zero-order chi connectivity index (χ0) is 29.3. The number of amides is 1. The number of hydrogen-bond acceptors (Lipinski definition) is 8. The standard InChI is InChI=1S/C28H36F3N7O2S/c1-26(2)15-19-5-3-4-12-33-17-20(16-32)41-36-25(39)21-6-7-22(34-24(21)37(26)18-19)38-13-8-23(35-38)40-14-11-27(9-10-27)28(29,30)31/h6-8,13,16-17,19H,3-5,9-12,14-15,18,32H2,1-2H3,(H,36,39)/b20-16+,33-17?. The lowest BCUT2D eigenvalue weighted by Gasteiger charge is -2.34. The predicted octanol–water partition coefficient (Wildman–Crippen LogP) is 5.42. The Morgan fingerprint density at radius 3 is 2.78 bits per heavy atom. The van der Waals surface area contributed by atoms with Gasteiger partial charge in [0, 0.05) is 43.3 Å². The van der Waals surface area contributed by atoms with Gasteiger partial charge in [0.15, 0.2) is 5.82 Å². The van der Waals surface area contributed by atoms with E-state index in [0.29, 0.717) is 34.6 Å². The number of aliphatic imine (C=N–C) groups is 1. The second-order valence-electron chi connectivity index (χ2n) is 11.6. The molecule has 1 unspecified atom stereocenters. The number of halogens is 3. The second-order valence-corrected chi connectivity index (χ2v) is 12.5. The molecule has 2 fully saturated rings. The molecule has 1 saturated carbocycles. The molecule has 1 aliphatic carbocycles. The fourth-order valence-corrected chi connectivity index (χ4v) is 6.16. The van der Waals surface area contributed by atoms with Gasteiger partial charge in [0.1, 0.15) is 5.82 Å². The number of fused-ring (bicyclic) bond motifs is 4. The van der Waals surface area contributed by atoms with Gasteiger partial charge in [0.25, 0.3) is 5.91 Å². The van der Waals surface area contributed by atoms with Crippen molar-refractivity contribution in [1.29, 1.82) is 0 Å². The number of hydrogen-bond donors (Lipinski definition) is 2. The zero-order valence-electron chi connectivity index (χ0n) is 23.3. The minimum atomic E-state index is -4.21. The maximum atomic E-state index is 13.4. The van der Waals surface area contributed by atoms with Crippen molar-refractivity contribution < 1.29 is 22.7 Å². The molecule has 222 valence electrons. The lowest BCUT2D eigenvalue weighted by molar-refractivity contribution is -0.190. The van der Waals surface area contributed by atoms with Crippen LogP contribution in [0.5, 0.6) is 5.88 Å². The van der Waals surface area contributed by atoms with Crippen LogP contribution in [0.2, 0.25) is 0 Å². The molecule has 0 radical (unpaired) electrons. The number of allylic oxidation sites excluding steroid dienone is 1. The summed E-state index contributed by atoms with van der Waals surface area (Å²) in [6.07, 6.45) is 4.78. The summed E-state index contributed by atoms with van der Waals surface area (Å²) in [5, 5.41) is 4.40. The number of aromatic nitrogens is 3. The summed E-state index contributed by atoms with van der Waals surface area (Å²) < 4.78 is 49.7. The number of ether oxygens (including phenoxy) is 1. The fraction of sp³-hybridized carbons (Fsp3) is 0.571. The van der Waals surface area contributed by atoms with Crippen LogP contribution in [0.4, 0.5) is 19.0 Å². The van der Waals surface area contributed by atoms with E-state index in [9.17, 15) is 18.0 Å². The van der Waals surface area contributed by atoms with E-state index in [-0.39, 0.29) is 43.2 Å². The van der Waals surface area contributed by atoms with E-state index >= 15 is 0 Å². The topological polar surface area (TPSA) is 111 Å². The molecule has 1 amide bonds. The van der Waals surface area contributed by atoms with Gasteiger partial charge in [-0.2, -0.15) is 13.2 Å². The van der Waals surface area contributed by atoms with Gasteiger partial charge in [-0.3, -0.25) is 14.5 Å². The molecule has 1 atom stereocenters. The number of alkyl halides is 3. The van der Waals surface area contributed by atoms with Crippen LogP contribution in [0, 0.1) is 11.3 Å². The first kappa shape index (κ1) is 29.3. The number of anilines is 1. The molecule has 13 heteroatoms. The zero-order valence-corrected chi connectivity index (χ0v) is 24.1. The molecular formula is C28H36F3N7O2S. The first-order valence-electron chi connectivity index (χ1n) is 13.9. The molecule has 2 aliphatic heterocycles. The van der Waals surface area contributed by atoms with Crippen molar-refractivity contribution in [3.05, 3.63) is 41.1 Å². The quantitative estimate of drug-likeness (QED) is 0.447. The molecule has 5 rings (SSSR count). The summed E-state index contributed by atoms with van der Waals surface area (Å²) >= 11 is 1.10. The van der Waals surface area contributed by atoms with Gasteiger partial charge >= 0.3 is 6.18 Å². The molecular weight excluding hydrogens is 555 g/mol. The molecule has 4 heterocycles. The highest BCUT2D eigenvalue weighted by Crippen LogP contribution is 2.59. The highest BCUT2D eigenvalue weighted by molar-refractivity contribution is 8.02. The van der Waals surface area contributed by atoms with Crippen LogP contribution in [-0.2, 0) is 0 Å². The van der Waals surface area contributed by atoms with Crippen LogP contribution in [0.15, 0.2) is 40.5 Å². The van der Waals surface area contributed by atoms with Gasteiger partial charge in [-0.15, -0.1) is 5.10 Å². The Labute approximate surface area is 241 Å². The Morgan fingerprint density at radius 2 is 2.05 bits per heavy atom. The largest absolute Gasteiger partial charge is 0.477 e. The van der Waals surface area contributed by atoms with Gasteiger partial charge in [-0.1, -0.05) is 6.42 Å². The highest BCUT2D eigenvalue weighted by Gasteiger charge is 2.62. The highest BCUT2D eigenvalue weighted by atomic mass is 32.2. The summed E-state index contributed by atoms with van der Waals surface area (Å²) in [7, 11) is 0. The van der Waals surface area contributed by atoms with E-state index in [1.54, 1.807) is 30.6 Å².